The largest absolute Gasteiger partial charge is 0.490 e. The monoisotopic (exact) mass is 616 g/mol. The lowest BCUT2D eigenvalue weighted by Crippen LogP contribution is -2.62. The maximum absolute atomic E-state index is 11.7. The number of hydrogen-bond acceptors (Lipinski definition) is 7. The number of carbonyl (C=O) groups is 1. The van der Waals surface area contributed by atoms with Gasteiger partial charge in [-0.3, -0.25) is 4.98 Å². The van der Waals surface area contributed by atoms with Crippen LogP contribution in [0.4, 0.5) is 5.69 Å². The molecule has 0 radical (unpaired) electrons. The zero-order valence-corrected chi connectivity index (χ0v) is 24.9. The van der Waals surface area contributed by atoms with E-state index in [9.17, 15) is 9.90 Å². The van der Waals surface area contributed by atoms with E-state index in [4.69, 9.17) is 32.5 Å². The summed E-state index contributed by atoms with van der Waals surface area (Å²) in [5.74, 6) is 1.38. The lowest BCUT2D eigenvalue weighted by Gasteiger charge is -2.59. The minimum absolute atomic E-state index is 0.0144. The Balaban J connectivity index is 0.971. The van der Waals surface area contributed by atoms with Crippen molar-refractivity contribution in [1.82, 2.24) is 15.1 Å². The van der Waals surface area contributed by atoms with Crippen LogP contribution in [0.25, 0.3) is 28.2 Å². The van der Waals surface area contributed by atoms with Gasteiger partial charge in [0.1, 0.15) is 17.2 Å². The average Bonchev–Trinajstić information content (AvgIpc) is 3.68. The number of ether oxygens (including phenoxy) is 1. The number of aromatic carboxylic acids is 1. The Hall–Kier alpha value is -3.62. The van der Waals surface area contributed by atoms with Crippen LogP contribution in [0, 0.1) is 11.3 Å². The summed E-state index contributed by atoms with van der Waals surface area (Å²) in [6.07, 6.45) is 15.4. The van der Waals surface area contributed by atoms with Gasteiger partial charge in [0.15, 0.2) is 5.69 Å². The Morgan fingerprint density at radius 1 is 1.09 bits per heavy atom. The maximum atomic E-state index is 11.7. The summed E-state index contributed by atoms with van der Waals surface area (Å²) < 4.78 is 12.0. The third-order valence-electron chi connectivity index (χ3n) is 9.46. The fourth-order valence-electron chi connectivity index (χ4n) is 6.81. The third kappa shape index (κ3) is 4.85. The normalized spacial score (nSPS) is 19.9. The number of allylic oxidation sites excluding steroid dienone is 1. The Bertz CT molecular complexity index is 1760. The number of hydrogen-bond donors (Lipinski definition) is 1. The summed E-state index contributed by atoms with van der Waals surface area (Å²) in [4.78, 5) is 22.5. The molecular weight excluding hydrogens is 587 g/mol. The molecule has 3 saturated carbocycles. The van der Waals surface area contributed by atoms with Gasteiger partial charge in [-0.1, -0.05) is 40.5 Å². The molecule has 0 bridgehead atoms. The van der Waals surface area contributed by atoms with Gasteiger partial charge in [-0.25, -0.2) is 9.78 Å². The van der Waals surface area contributed by atoms with E-state index < -0.39 is 5.97 Å². The highest BCUT2D eigenvalue weighted by Gasteiger charge is 2.51. The van der Waals surface area contributed by atoms with E-state index in [1.165, 1.54) is 0 Å². The Morgan fingerprint density at radius 2 is 1.86 bits per heavy atom. The summed E-state index contributed by atoms with van der Waals surface area (Å²) in [5.41, 5.74) is 4.42. The second-order valence-corrected chi connectivity index (χ2v) is 13.4. The van der Waals surface area contributed by atoms with Gasteiger partial charge >= 0.3 is 5.97 Å². The highest BCUT2D eigenvalue weighted by atomic mass is 35.5. The molecule has 0 unspecified atom stereocenters. The Labute approximate surface area is 258 Å². The van der Waals surface area contributed by atoms with Crippen LogP contribution >= 0.6 is 23.2 Å². The van der Waals surface area contributed by atoms with Crippen molar-refractivity contribution in [2.24, 2.45) is 11.3 Å². The molecule has 0 amide bonds. The number of anilines is 1. The van der Waals surface area contributed by atoms with Gasteiger partial charge in [-0.05, 0) is 69.1 Å². The molecule has 220 valence electrons. The van der Waals surface area contributed by atoms with Crippen LogP contribution in [0.2, 0.25) is 10.0 Å². The van der Waals surface area contributed by atoms with Crippen LogP contribution < -0.4 is 9.64 Å². The maximum Gasteiger partial charge on any atom is 0.354 e. The molecule has 1 aromatic carbocycles. The number of benzene rings is 1. The molecule has 1 spiro atoms. The molecule has 8 rings (SSSR count). The van der Waals surface area contributed by atoms with E-state index in [2.05, 4.69) is 38.2 Å². The van der Waals surface area contributed by atoms with Crippen molar-refractivity contribution in [3.8, 4) is 17.0 Å². The molecule has 3 aliphatic carbocycles. The first-order valence-corrected chi connectivity index (χ1v) is 15.7. The molecule has 4 fully saturated rings. The van der Waals surface area contributed by atoms with Gasteiger partial charge in [-0.15, -0.1) is 0 Å². The highest BCUT2D eigenvalue weighted by Crippen LogP contribution is 2.54. The number of fused-ring (bicyclic) bond motifs is 1. The van der Waals surface area contributed by atoms with Crippen LogP contribution in [0.15, 0.2) is 47.3 Å². The van der Waals surface area contributed by atoms with Crippen molar-refractivity contribution in [3.63, 3.8) is 0 Å². The van der Waals surface area contributed by atoms with Crippen molar-refractivity contribution in [2.45, 2.75) is 57.0 Å². The van der Waals surface area contributed by atoms with Crippen LogP contribution in [-0.4, -0.2) is 45.4 Å². The van der Waals surface area contributed by atoms with Gasteiger partial charge in [0.2, 0.25) is 0 Å². The van der Waals surface area contributed by atoms with Gasteiger partial charge in [0.05, 0.1) is 21.7 Å². The third-order valence-corrected chi connectivity index (χ3v) is 10.0. The molecule has 4 aliphatic rings. The SMILES string of the molecule is O=C(O)c1cc(OC2CCC2)c2cc(N3CC4(CC(C=Cc5c(-c6c(Cl)cncc6Cl)noc5C5CC5)C4)C3)ccc2n1. The van der Waals surface area contributed by atoms with Crippen molar-refractivity contribution in [2.75, 3.05) is 18.0 Å². The van der Waals surface area contributed by atoms with Crippen LogP contribution in [0.3, 0.4) is 0 Å². The predicted molar refractivity (Wildman–Crippen MR) is 165 cm³/mol. The molecule has 4 heterocycles. The summed E-state index contributed by atoms with van der Waals surface area (Å²) in [7, 11) is 0. The number of aromatic nitrogens is 3. The second-order valence-electron chi connectivity index (χ2n) is 12.6. The van der Waals surface area contributed by atoms with Crippen molar-refractivity contribution in [1.29, 1.82) is 0 Å². The average molecular weight is 618 g/mol. The summed E-state index contributed by atoms with van der Waals surface area (Å²) in [6, 6.07) is 7.63. The van der Waals surface area contributed by atoms with Crippen LogP contribution in [-0.2, 0) is 0 Å². The molecule has 4 aromatic rings. The van der Waals surface area contributed by atoms with E-state index in [1.54, 1.807) is 18.5 Å². The van der Waals surface area contributed by atoms with E-state index in [0.29, 0.717) is 49.8 Å². The first kappa shape index (κ1) is 27.0. The van der Waals surface area contributed by atoms with Gasteiger partial charge in [0, 0.05) is 65.1 Å². The number of nitrogens with zero attached hydrogens (tertiary/aromatic N) is 4. The minimum Gasteiger partial charge on any atom is -0.490 e. The number of pyridine rings is 2. The highest BCUT2D eigenvalue weighted by molar-refractivity contribution is 6.39. The molecule has 8 nitrogen and oxygen atoms in total. The Kier molecular flexibility index (Phi) is 6.42. The molecule has 0 atom stereocenters. The molecule has 43 heavy (non-hydrogen) atoms. The van der Waals surface area contributed by atoms with Crippen LogP contribution in [0.5, 0.6) is 5.75 Å². The predicted octanol–water partition coefficient (Wildman–Crippen LogP) is 8.03. The van der Waals surface area contributed by atoms with Gasteiger partial charge in [0.25, 0.3) is 0 Å². The fourth-order valence-corrected chi connectivity index (χ4v) is 7.35. The molecule has 1 aliphatic heterocycles. The van der Waals surface area contributed by atoms with Crippen molar-refractivity contribution < 1.29 is 19.2 Å². The lowest BCUT2D eigenvalue weighted by molar-refractivity contribution is 0.0486. The van der Waals surface area contributed by atoms with Gasteiger partial charge < -0.3 is 19.3 Å². The zero-order chi connectivity index (χ0) is 29.3. The molecule has 3 aromatic heterocycles. The van der Waals surface area contributed by atoms with Crippen molar-refractivity contribution in [3.05, 3.63) is 69.8 Å². The number of carboxylic acids is 1. The topological polar surface area (TPSA) is 102 Å². The summed E-state index contributed by atoms with van der Waals surface area (Å²) in [5, 5.41) is 15.7. The smallest absolute Gasteiger partial charge is 0.354 e. The minimum atomic E-state index is -1.04. The number of carboxylic acid groups (broad SMARTS) is 1. The number of rotatable bonds is 8. The molecule has 1 N–H and O–H groups in total. The quantitative estimate of drug-likeness (QED) is 0.212. The fraction of sp³-hybridized carbons (Fsp3) is 0.394. The van der Waals surface area contributed by atoms with Crippen molar-refractivity contribution >= 4 is 51.8 Å². The number of halogens is 2. The first-order valence-electron chi connectivity index (χ1n) is 14.9. The zero-order valence-electron chi connectivity index (χ0n) is 23.4. The first-order chi connectivity index (χ1) is 20.9. The standard InChI is InChI=1S/C33H30Cl2N4O4/c34-24-14-36-15-25(35)29(24)30-22(31(43-38-30)19-5-6-19)8-4-18-12-33(13-18)16-39(17-33)20-7-9-26-23(10-20)28(42-21-2-1-3-21)11-27(37-26)32(40)41/h4,7-11,14-15,18-19,21H,1-3,5-6,12-13,16-17H2,(H,40,41). The molecular formula is C33H30Cl2N4O4. The van der Waals surface area contributed by atoms with Gasteiger partial charge in [-0.2, -0.15) is 0 Å². The summed E-state index contributed by atoms with van der Waals surface area (Å²) in [6.45, 7) is 1.99. The summed E-state index contributed by atoms with van der Waals surface area (Å²) >= 11 is 12.9. The second kappa shape index (κ2) is 10.2. The molecule has 10 heteroatoms. The molecule has 1 saturated heterocycles. The van der Waals surface area contributed by atoms with Crippen LogP contribution in [0.1, 0.15) is 72.7 Å². The van der Waals surface area contributed by atoms with E-state index in [1.807, 2.05) is 12.1 Å². The Morgan fingerprint density at radius 3 is 2.53 bits per heavy atom. The lowest BCUT2D eigenvalue weighted by atomic mass is 9.57. The van der Waals surface area contributed by atoms with E-state index in [0.717, 1.165) is 80.4 Å². The van der Waals surface area contributed by atoms with E-state index >= 15 is 0 Å². The van der Waals surface area contributed by atoms with E-state index in [-0.39, 0.29) is 11.8 Å².